The first-order valence-corrected chi connectivity index (χ1v) is 7.49. The van der Waals surface area contributed by atoms with Crippen LogP contribution < -0.4 is 10.6 Å². The Morgan fingerprint density at radius 3 is 2.57 bits per heavy atom. The summed E-state index contributed by atoms with van der Waals surface area (Å²) < 4.78 is 5.08. The smallest absolute Gasteiger partial charge is 0.244 e. The van der Waals surface area contributed by atoms with E-state index in [1.807, 2.05) is 18.7 Å². The molecule has 0 aliphatic carbocycles. The number of methoxy groups -OCH3 is 1. The number of likely N-dealkylation sites (tertiary alicyclic amines) is 1. The molecule has 1 fully saturated rings. The number of rotatable bonds is 6. The van der Waals surface area contributed by atoms with E-state index in [0.717, 1.165) is 32.5 Å². The number of hydrogen-bond acceptors (Lipinski definition) is 3. The number of amides is 1. The van der Waals surface area contributed by atoms with Crippen LogP contribution in [-0.4, -0.2) is 62.7 Å². The standard InChI is InChI=1S/C14H28N4O2.HI/c1-4-15-14(17-12(2)11-20-3)16-10-13(19)18-8-6-5-7-9-18;/h12H,4-11H2,1-3H3,(H2,15,16,17);1H. The number of hydrogen-bond donors (Lipinski definition) is 2. The van der Waals surface area contributed by atoms with E-state index in [1.165, 1.54) is 6.42 Å². The van der Waals surface area contributed by atoms with E-state index >= 15 is 0 Å². The predicted octanol–water partition coefficient (Wildman–Crippen LogP) is 1.21. The van der Waals surface area contributed by atoms with Gasteiger partial charge in [-0.15, -0.1) is 24.0 Å². The maximum atomic E-state index is 12.1. The topological polar surface area (TPSA) is 66.0 Å². The van der Waals surface area contributed by atoms with E-state index in [9.17, 15) is 4.79 Å². The van der Waals surface area contributed by atoms with E-state index in [2.05, 4.69) is 15.6 Å². The van der Waals surface area contributed by atoms with Crippen LogP contribution in [0.3, 0.4) is 0 Å². The van der Waals surface area contributed by atoms with Crippen molar-refractivity contribution in [3.8, 4) is 0 Å². The van der Waals surface area contributed by atoms with Crippen molar-refractivity contribution < 1.29 is 9.53 Å². The molecule has 1 aliphatic heterocycles. The second-order valence-electron chi connectivity index (χ2n) is 5.14. The fourth-order valence-electron chi connectivity index (χ4n) is 2.24. The van der Waals surface area contributed by atoms with Crippen LogP contribution >= 0.6 is 24.0 Å². The first-order valence-electron chi connectivity index (χ1n) is 7.49. The highest BCUT2D eigenvalue weighted by Gasteiger charge is 2.16. The van der Waals surface area contributed by atoms with Crippen molar-refractivity contribution in [3.63, 3.8) is 0 Å². The summed E-state index contributed by atoms with van der Waals surface area (Å²) in [5.41, 5.74) is 0. The summed E-state index contributed by atoms with van der Waals surface area (Å²) in [7, 11) is 1.67. The van der Waals surface area contributed by atoms with Gasteiger partial charge in [-0.2, -0.15) is 0 Å². The third-order valence-corrected chi connectivity index (χ3v) is 3.23. The Labute approximate surface area is 145 Å². The van der Waals surface area contributed by atoms with Crippen LogP contribution in [0.25, 0.3) is 0 Å². The lowest BCUT2D eigenvalue weighted by Crippen LogP contribution is -2.45. The first kappa shape index (κ1) is 20.4. The SMILES string of the molecule is CCNC(=NCC(=O)N1CCCCC1)NC(C)COC.I. The van der Waals surface area contributed by atoms with Gasteiger partial charge >= 0.3 is 0 Å². The summed E-state index contributed by atoms with van der Waals surface area (Å²) in [6, 6.07) is 0.155. The molecule has 0 radical (unpaired) electrons. The number of ether oxygens (including phenoxy) is 1. The highest BCUT2D eigenvalue weighted by Crippen LogP contribution is 2.08. The Balaban J connectivity index is 0.00000400. The molecular formula is C14H29IN4O2. The number of aliphatic imine (C=N–C) groups is 1. The van der Waals surface area contributed by atoms with Crippen molar-refractivity contribution in [2.24, 2.45) is 4.99 Å². The summed E-state index contributed by atoms with van der Waals surface area (Å²) >= 11 is 0. The number of nitrogens with zero attached hydrogens (tertiary/aromatic N) is 2. The molecule has 1 unspecified atom stereocenters. The minimum Gasteiger partial charge on any atom is -0.383 e. The Morgan fingerprint density at radius 2 is 2.00 bits per heavy atom. The largest absolute Gasteiger partial charge is 0.383 e. The molecule has 124 valence electrons. The third kappa shape index (κ3) is 8.45. The van der Waals surface area contributed by atoms with Crippen LogP contribution in [0.2, 0.25) is 0 Å². The van der Waals surface area contributed by atoms with Gasteiger partial charge in [0.15, 0.2) is 5.96 Å². The van der Waals surface area contributed by atoms with Crippen LogP contribution in [0.15, 0.2) is 4.99 Å². The van der Waals surface area contributed by atoms with Crippen LogP contribution in [0.5, 0.6) is 0 Å². The zero-order valence-electron chi connectivity index (χ0n) is 13.4. The molecule has 1 rings (SSSR count). The second kappa shape index (κ2) is 12.0. The van der Waals surface area contributed by atoms with Gasteiger partial charge < -0.3 is 20.3 Å². The Hall–Kier alpha value is -0.570. The van der Waals surface area contributed by atoms with E-state index in [4.69, 9.17) is 4.74 Å². The van der Waals surface area contributed by atoms with Gasteiger partial charge in [-0.05, 0) is 33.1 Å². The molecule has 2 N–H and O–H groups in total. The molecule has 0 aromatic heterocycles. The lowest BCUT2D eigenvalue weighted by atomic mass is 10.1. The van der Waals surface area contributed by atoms with Gasteiger partial charge in [-0.3, -0.25) is 4.79 Å². The number of guanidine groups is 1. The van der Waals surface area contributed by atoms with Gasteiger partial charge in [0, 0.05) is 32.8 Å². The zero-order chi connectivity index (χ0) is 14.8. The molecule has 1 heterocycles. The van der Waals surface area contributed by atoms with Gasteiger partial charge in [0.1, 0.15) is 6.54 Å². The van der Waals surface area contributed by atoms with Crippen molar-refractivity contribution in [1.29, 1.82) is 0 Å². The van der Waals surface area contributed by atoms with Gasteiger partial charge in [0.05, 0.1) is 6.61 Å². The lowest BCUT2D eigenvalue weighted by molar-refractivity contribution is -0.130. The van der Waals surface area contributed by atoms with Crippen LogP contribution in [0.4, 0.5) is 0 Å². The Bertz CT molecular complexity index is 320. The average Bonchev–Trinajstić information content (AvgIpc) is 2.46. The molecule has 21 heavy (non-hydrogen) atoms. The molecule has 6 nitrogen and oxygen atoms in total. The quantitative estimate of drug-likeness (QED) is 0.391. The van der Waals surface area contributed by atoms with Crippen LogP contribution in [0, 0.1) is 0 Å². The van der Waals surface area contributed by atoms with E-state index in [1.54, 1.807) is 7.11 Å². The molecule has 0 spiro atoms. The summed E-state index contributed by atoms with van der Waals surface area (Å²) in [5.74, 6) is 0.781. The Morgan fingerprint density at radius 1 is 1.33 bits per heavy atom. The number of nitrogens with one attached hydrogen (secondary N) is 2. The molecule has 0 bridgehead atoms. The monoisotopic (exact) mass is 412 g/mol. The molecule has 1 saturated heterocycles. The maximum Gasteiger partial charge on any atom is 0.244 e. The predicted molar refractivity (Wildman–Crippen MR) is 96.3 cm³/mol. The van der Waals surface area contributed by atoms with Crippen molar-refractivity contribution >= 4 is 35.8 Å². The third-order valence-electron chi connectivity index (χ3n) is 3.23. The lowest BCUT2D eigenvalue weighted by Gasteiger charge is -2.26. The molecule has 7 heteroatoms. The van der Waals surface area contributed by atoms with E-state index in [-0.39, 0.29) is 42.5 Å². The summed E-state index contributed by atoms with van der Waals surface area (Å²) in [5, 5.41) is 6.36. The molecule has 1 amide bonds. The molecule has 0 aromatic rings. The molecular weight excluding hydrogens is 383 g/mol. The number of piperidine rings is 1. The van der Waals surface area contributed by atoms with E-state index < -0.39 is 0 Å². The van der Waals surface area contributed by atoms with Gasteiger partial charge in [-0.25, -0.2) is 4.99 Å². The minimum atomic E-state index is 0. The highest BCUT2D eigenvalue weighted by atomic mass is 127. The van der Waals surface area contributed by atoms with Crippen molar-refractivity contribution in [1.82, 2.24) is 15.5 Å². The fraction of sp³-hybridized carbons (Fsp3) is 0.857. The Kier molecular flexibility index (Phi) is 11.7. The summed E-state index contributed by atoms with van der Waals surface area (Å²) in [4.78, 5) is 18.3. The van der Waals surface area contributed by atoms with Crippen molar-refractivity contribution in [3.05, 3.63) is 0 Å². The van der Waals surface area contributed by atoms with Crippen molar-refractivity contribution in [2.45, 2.75) is 39.2 Å². The summed E-state index contributed by atoms with van der Waals surface area (Å²) in [6.07, 6.45) is 3.45. The normalized spacial score (nSPS) is 16.9. The molecule has 1 atom stereocenters. The minimum absolute atomic E-state index is 0. The zero-order valence-corrected chi connectivity index (χ0v) is 15.7. The average molecular weight is 412 g/mol. The van der Waals surface area contributed by atoms with Gasteiger partial charge in [0.25, 0.3) is 0 Å². The first-order chi connectivity index (χ1) is 9.67. The molecule has 0 saturated carbocycles. The highest BCUT2D eigenvalue weighted by molar-refractivity contribution is 14.0. The molecule has 1 aliphatic rings. The number of halogens is 1. The number of carbonyl (C=O) groups excluding carboxylic acids is 1. The van der Waals surface area contributed by atoms with Gasteiger partial charge in [0.2, 0.25) is 5.91 Å². The number of carbonyl (C=O) groups is 1. The second-order valence-corrected chi connectivity index (χ2v) is 5.14. The maximum absolute atomic E-state index is 12.1. The van der Waals surface area contributed by atoms with Crippen molar-refractivity contribution in [2.75, 3.05) is 39.9 Å². The van der Waals surface area contributed by atoms with Crippen LogP contribution in [-0.2, 0) is 9.53 Å². The van der Waals surface area contributed by atoms with E-state index in [0.29, 0.717) is 12.6 Å². The summed E-state index contributed by atoms with van der Waals surface area (Å²) in [6.45, 7) is 7.34. The molecule has 0 aromatic carbocycles. The van der Waals surface area contributed by atoms with Gasteiger partial charge in [-0.1, -0.05) is 0 Å². The van der Waals surface area contributed by atoms with Crippen LogP contribution in [0.1, 0.15) is 33.1 Å². The fourth-order valence-corrected chi connectivity index (χ4v) is 2.24.